The molecule has 0 radical (unpaired) electrons. The molecule has 0 bridgehead atoms. The highest BCUT2D eigenvalue weighted by Crippen LogP contribution is 2.30. The Morgan fingerprint density at radius 1 is 1.00 bits per heavy atom. The second-order valence-corrected chi connectivity index (χ2v) is 9.99. The molecule has 1 fully saturated rings. The molecule has 1 aromatic heterocycles. The average molecular weight is 478 g/mol. The molecule has 34 heavy (non-hydrogen) atoms. The second-order valence-electron chi connectivity index (χ2n) is 8.06. The number of aryl methyl sites for hydroxylation is 1. The van der Waals surface area contributed by atoms with Crippen molar-refractivity contribution in [1.29, 1.82) is 0 Å². The maximum Gasteiger partial charge on any atom is 0.255 e. The van der Waals surface area contributed by atoms with Crippen LogP contribution in [0.2, 0.25) is 0 Å². The quantitative estimate of drug-likeness (QED) is 0.465. The summed E-state index contributed by atoms with van der Waals surface area (Å²) in [4.78, 5) is 13.2. The number of fused-ring (bicyclic) bond motifs is 1. The van der Waals surface area contributed by atoms with Crippen molar-refractivity contribution in [2.24, 2.45) is 0 Å². The highest BCUT2D eigenvalue weighted by Gasteiger charge is 2.27. The van der Waals surface area contributed by atoms with Crippen molar-refractivity contribution >= 4 is 32.5 Å². The van der Waals surface area contributed by atoms with Gasteiger partial charge >= 0.3 is 0 Å². The van der Waals surface area contributed by atoms with Crippen molar-refractivity contribution in [3.63, 3.8) is 0 Å². The lowest BCUT2D eigenvalue weighted by Crippen LogP contribution is -2.40. The van der Waals surface area contributed by atoms with Crippen molar-refractivity contribution in [2.75, 3.05) is 31.6 Å². The first kappa shape index (κ1) is 22.3. The molecule has 1 N–H and O–H groups in total. The highest BCUT2D eigenvalue weighted by molar-refractivity contribution is 7.89. The van der Waals surface area contributed by atoms with Gasteiger partial charge in [0, 0.05) is 29.9 Å². The van der Waals surface area contributed by atoms with E-state index < -0.39 is 10.0 Å². The maximum atomic E-state index is 13.1. The number of hydrogen-bond donors (Lipinski definition) is 1. The van der Waals surface area contributed by atoms with Crippen molar-refractivity contribution in [3.05, 3.63) is 77.9 Å². The molecule has 0 saturated carbocycles. The third-order valence-corrected chi connectivity index (χ3v) is 7.73. The first-order valence-corrected chi connectivity index (χ1v) is 12.3. The van der Waals surface area contributed by atoms with Crippen LogP contribution < -0.4 is 5.32 Å². The van der Waals surface area contributed by atoms with Crippen molar-refractivity contribution in [3.8, 4) is 11.3 Å². The van der Waals surface area contributed by atoms with Gasteiger partial charge in [0.25, 0.3) is 5.91 Å². The number of carbonyl (C=O) groups excluding carboxylic acids is 1. The number of anilines is 1. The zero-order valence-electron chi connectivity index (χ0n) is 18.5. The Morgan fingerprint density at radius 2 is 1.76 bits per heavy atom. The van der Waals surface area contributed by atoms with E-state index in [1.54, 1.807) is 30.3 Å². The van der Waals surface area contributed by atoms with Crippen LogP contribution in [0.3, 0.4) is 0 Å². The van der Waals surface area contributed by atoms with Crippen LogP contribution in [0.1, 0.15) is 15.9 Å². The van der Waals surface area contributed by atoms with Gasteiger partial charge in [-0.25, -0.2) is 8.42 Å². The molecule has 1 aliphatic rings. The predicted molar refractivity (Wildman–Crippen MR) is 128 cm³/mol. The predicted octanol–water partition coefficient (Wildman–Crippen LogP) is 4.08. The topological polar surface area (TPSA) is 102 Å². The minimum absolute atomic E-state index is 0.135. The van der Waals surface area contributed by atoms with Crippen LogP contribution in [-0.2, 0) is 14.8 Å². The fourth-order valence-corrected chi connectivity index (χ4v) is 5.34. The number of ether oxygens (including phenoxy) is 1. The van der Waals surface area contributed by atoms with E-state index in [0.29, 0.717) is 48.8 Å². The molecular formula is C25H23N3O5S. The van der Waals surface area contributed by atoms with E-state index >= 15 is 0 Å². The Morgan fingerprint density at radius 3 is 2.53 bits per heavy atom. The van der Waals surface area contributed by atoms with E-state index in [-0.39, 0.29) is 10.8 Å². The van der Waals surface area contributed by atoms with E-state index in [1.165, 1.54) is 10.4 Å². The summed E-state index contributed by atoms with van der Waals surface area (Å²) in [5.74, 6) is 0.228. The van der Waals surface area contributed by atoms with Gasteiger partial charge in [-0.1, -0.05) is 41.6 Å². The van der Waals surface area contributed by atoms with Crippen LogP contribution in [0.25, 0.3) is 22.2 Å². The van der Waals surface area contributed by atoms with Crippen LogP contribution in [0.4, 0.5) is 5.69 Å². The smallest absolute Gasteiger partial charge is 0.255 e. The van der Waals surface area contributed by atoms with Gasteiger partial charge in [0.05, 0.1) is 23.5 Å². The Hall–Kier alpha value is -3.53. The summed E-state index contributed by atoms with van der Waals surface area (Å²) >= 11 is 0. The molecule has 1 saturated heterocycles. The van der Waals surface area contributed by atoms with Crippen LogP contribution in [0, 0.1) is 6.92 Å². The highest BCUT2D eigenvalue weighted by atomic mass is 32.2. The summed E-state index contributed by atoms with van der Waals surface area (Å²) < 4.78 is 38.3. The first-order chi connectivity index (χ1) is 16.4. The largest absolute Gasteiger partial charge is 0.379 e. The summed E-state index contributed by atoms with van der Waals surface area (Å²) in [6.45, 7) is 3.16. The molecule has 0 unspecified atom stereocenters. The van der Waals surface area contributed by atoms with Gasteiger partial charge in [0.15, 0.2) is 5.76 Å². The van der Waals surface area contributed by atoms with E-state index in [9.17, 15) is 13.2 Å². The number of carbonyl (C=O) groups is 1. The van der Waals surface area contributed by atoms with Gasteiger partial charge in [0.2, 0.25) is 10.0 Å². The third-order valence-electron chi connectivity index (χ3n) is 5.84. The number of nitrogens with zero attached hydrogens (tertiary/aromatic N) is 2. The summed E-state index contributed by atoms with van der Waals surface area (Å²) in [7, 11) is -3.68. The standard InChI is InChI=1S/C25H23N3O5S/c1-17-7-9-20(34(30,31)28-11-13-32-14-12-28)16-23(17)26-25(29)19-8-10-22-21(15-19)24(33-27-22)18-5-3-2-4-6-18/h2-10,15-16H,11-14H2,1H3,(H,26,29). The van der Waals surface area contributed by atoms with E-state index in [1.807, 2.05) is 37.3 Å². The molecule has 1 amide bonds. The zero-order chi connectivity index (χ0) is 23.7. The van der Waals surface area contributed by atoms with Crippen LogP contribution in [0.15, 0.2) is 76.1 Å². The van der Waals surface area contributed by atoms with Crippen LogP contribution >= 0.6 is 0 Å². The van der Waals surface area contributed by atoms with Gasteiger partial charge in [0.1, 0.15) is 5.52 Å². The fourth-order valence-electron chi connectivity index (χ4n) is 3.91. The number of nitrogens with one attached hydrogen (secondary N) is 1. The molecular weight excluding hydrogens is 454 g/mol. The van der Waals surface area contributed by atoms with Crippen molar-refractivity contribution in [1.82, 2.24) is 9.46 Å². The van der Waals surface area contributed by atoms with Crippen LogP contribution in [-0.4, -0.2) is 50.1 Å². The molecule has 174 valence electrons. The molecule has 2 heterocycles. The Kier molecular flexibility index (Phi) is 5.91. The molecule has 1 aliphatic heterocycles. The average Bonchev–Trinajstić information content (AvgIpc) is 3.29. The third kappa shape index (κ3) is 4.21. The zero-order valence-corrected chi connectivity index (χ0v) is 19.3. The summed E-state index contributed by atoms with van der Waals surface area (Å²) in [6, 6.07) is 19.4. The molecule has 9 heteroatoms. The van der Waals surface area contributed by atoms with Gasteiger partial charge in [-0.05, 0) is 42.8 Å². The summed E-state index contributed by atoms with van der Waals surface area (Å²) in [5.41, 5.74) is 3.11. The van der Waals surface area contributed by atoms with E-state index in [0.717, 1.165) is 16.5 Å². The van der Waals surface area contributed by atoms with Gasteiger partial charge in [-0.15, -0.1) is 0 Å². The molecule has 0 aliphatic carbocycles. The number of benzene rings is 3. The maximum absolute atomic E-state index is 13.1. The number of amides is 1. The number of rotatable bonds is 5. The van der Waals surface area contributed by atoms with Crippen molar-refractivity contribution in [2.45, 2.75) is 11.8 Å². The first-order valence-electron chi connectivity index (χ1n) is 10.9. The number of sulfonamides is 1. The SMILES string of the molecule is Cc1ccc(S(=O)(=O)N2CCOCC2)cc1NC(=O)c1ccc2noc(-c3ccccc3)c2c1. The van der Waals surface area contributed by atoms with Crippen molar-refractivity contribution < 1.29 is 22.5 Å². The van der Waals surface area contributed by atoms with Gasteiger partial charge < -0.3 is 14.6 Å². The molecule has 0 spiro atoms. The molecule has 8 nitrogen and oxygen atoms in total. The molecule has 0 atom stereocenters. The molecule has 4 aromatic rings. The minimum Gasteiger partial charge on any atom is -0.379 e. The summed E-state index contributed by atoms with van der Waals surface area (Å²) in [5, 5.41) is 7.67. The fraction of sp³-hybridized carbons (Fsp3) is 0.200. The Labute approximate surface area is 197 Å². The Balaban J connectivity index is 1.44. The lowest BCUT2D eigenvalue weighted by atomic mass is 10.1. The molecule has 3 aromatic carbocycles. The Bertz CT molecular complexity index is 1460. The lowest BCUT2D eigenvalue weighted by Gasteiger charge is -2.26. The lowest BCUT2D eigenvalue weighted by molar-refractivity contribution is 0.0730. The van der Waals surface area contributed by atoms with Gasteiger partial charge in [-0.2, -0.15) is 4.31 Å². The number of hydrogen-bond acceptors (Lipinski definition) is 6. The number of aromatic nitrogens is 1. The van der Waals surface area contributed by atoms with Gasteiger partial charge in [-0.3, -0.25) is 4.79 Å². The van der Waals surface area contributed by atoms with E-state index in [4.69, 9.17) is 9.26 Å². The monoisotopic (exact) mass is 477 g/mol. The number of morpholine rings is 1. The van der Waals surface area contributed by atoms with Crippen LogP contribution in [0.5, 0.6) is 0 Å². The van der Waals surface area contributed by atoms with E-state index in [2.05, 4.69) is 10.5 Å². The second kappa shape index (κ2) is 9.02. The normalized spacial score (nSPS) is 14.9. The molecule has 5 rings (SSSR count). The summed E-state index contributed by atoms with van der Waals surface area (Å²) in [6.07, 6.45) is 0. The minimum atomic E-state index is -3.68.